The van der Waals surface area contributed by atoms with Gasteiger partial charge in [-0.3, -0.25) is 4.79 Å². The van der Waals surface area contributed by atoms with Crippen LogP contribution in [0.15, 0.2) is 48.5 Å². The molecule has 2 aromatic rings. The Hall–Kier alpha value is -2.50. The standard InChI is InChI=1S/C20H20F3NO2/c21-20(22,23)18-6-2-1-4-15(18)12-14-7-9-16(10-8-14)24-11-3-5-17(24)13-19(25)26/h1-2,4,6-10,17H,3,5,11-13H2,(H,25,26)/t17-/m0/s1. The summed E-state index contributed by atoms with van der Waals surface area (Å²) in [4.78, 5) is 13.1. The van der Waals surface area contributed by atoms with Crippen LogP contribution in [-0.2, 0) is 17.4 Å². The van der Waals surface area contributed by atoms with E-state index in [1.165, 1.54) is 12.1 Å². The summed E-state index contributed by atoms with van der Waals surface area (Å²) in [5.74, 6) is -0.817. The SMILES string of the molecule is O=C(O)C[C@@H]1CCCN1c1ccc(Cc2ccccc2C(F)(F)F)cc1. The van der Waals surface area contributed by atoms with E-state index < -0.39 is 17.7 Å². The average molecular weight is 363 g/mol. The topological polar surface area (TPSA) is 40.5 Å². The third-order valence-electron chi connectivity index (χ3n) is 4.77. The molecule has 0 amide bonds. The van der Waals surface area contributed by atoms with E-state index in [4.69, 9.17) is 5.11 Å². The molecular weight excluding hydrogens is 343 g/mol. The van der Waals surface area contributed by atoms with Crippen molar-refractivity contribution in [3.63, 3.8) is 0 Å². The van der Waals surface area contributed by atoms with E-state index in [0.29, 0.717) is 0 Å². The Labute approximate surface area is 150 Å². The molecule has 0 unspecified atom stereocenters. The Morgan fingerprint density at radius 3 is 2.46 bits per heavy atom. The monoisotopic (exact) mass is 363 g/mol. The summed E-state index contributed by atoms with van der Waals surface area (Å²) >= 11 is 0. The maximum absolute atomic E-state index is 13.1. The Morgan fingerprint density at radius 2 is 1.81 bits per heavy atom. The van der Waals surface area contributed by atoms with E-state index >= 15 is 0 Å². The van der Waals surface area contributed by atoms with Gasteiger partial charge in [0.15, 0.2) is 0 Å². The fourth-order valence-corrected chi connectivity index (χ4v) is 3.57. The number of aliphatic carboxylic acids is 1. The van der Waals surface area contributed by atoms with E-state index in [0.717, 1.165) is 36.7 Å². The number of carbonyl (C=O) groups is 1. The van der Waals surface area contributed by atoms with Gasteiger partial charge in [-0.25, -0.2) is 0 Å². The molecule has 26 heavy (non-hydrogen) atoms. The van der Waals surface area contributed by atoms with Crippen molar-refractivity contribution in [2.75, 3.05) is 11.4 Å². The lowest BCUT2D eigenvalue weighted by Gasteiger charge is -2.26. The molecule has 0 saturated carbocycles. The van der Waals surface area contributed by atoms with Gasteiger partial charge in [-0.05, 0) is 48.6 Å². The van der Waals surface area contributed by atoms with Crippen LogP contribution in [0.25, 0.3) is 0 Å². The van der Waals surface area contributed by atoms with Gasteiger partial charge in [0.25, 0.3) is 0 Å². The minimum atomic E-state index is -4.36. The van der Waals surface area contributed by atoms with E-state index in [-0.39, 0.29) is 24.4 Å². The molecule has 0 spiro atoms. The fourth-order valence-electron chi connectivity index (χ4n) is 3.57. The third-order valence-corrected chi connectivity index (χ3v) is 4.77. The Balaban J connectivity index is 1.76. The minimum Gasteiger partial charge on any atom is -0.481 e. The molecule has 3 rings (SSSR count). The molecular formula is C20H20F3NO2. The molecule has 1 aliphatic heterocycles. The number of carboxylic acid groups (broad SMARTS) is 1. The Morgan fingerprint density at radius 1 is 1.12 bits per heavy atom. The van der Waals surface area contributed by atoms with Crippen LogP contribution >= 0.6 is 0 Å². The predicted molar refractivity (Wildman–Crippen MR) is 93.3 cm³/mol. The smallest absolute Gasteiger partial charge is 0.416 e. The van der Waals surface area contributed by atoms with Gasteiger partial charge in [0.2, 0.25) is 0 Å². The Kier molecular flexibility index (Phi) is 5.20. The number of hydrogen-bond acceptors (Lipinski definition) is 2. The first-order valence-electron chi connectivity index (χ1n) is 8.57. The van der Waals surface area contributed by atoms with Gasteiger partial charge in [-0.2, -0.15) is 13.2 Å². The molecule has 0 aliphatic carbocycles. The summed E-state index contributed by atoms with van der Waals surface area (Å²) in [6, 6.07) is 13.0. The highest BCUT2D eigenvalue weighted by Gasteiger charge is 2.32. The first-order valence-corrected chi connectivity index (χ1v) is 8.57. The summed E-state index contributed by atoms with van der Waals surface area (Å²) < 4.78 is 39.3. The average Bonchev–Trinajstić information content (AvgIpc) is 3.02. The molecule has 1 fully saturated rings. The number of rotatable bonds is 5. The van der Waals surface area contributed by atoms with E-state index in [9.17, 15) is 18.0 Å². The molecule has 1 atom stereocenters. The highest BCUT2D eigenvalue weighted by molar-refractivity contribution is 5.69. The number of anilines is 1. The van der Waals surface area contributed by atoms with Crippen molar-refractivity contribution in [3.05, 3.63) is 65.2 Å². The van der Waals surface area contributed by atoms with Crippen LogP contribution in [0, 0.1) is 0 Å². The van der Waals surface area contributed by atoms with Gasteiger partial charge in [0.05, 0.1) is 12.0 Å². The fraction of sp³-hybridized carbons (Fsp3) is 0.350. The van der Waals surface area contributed by atoms with Crippen molar-refractivity contribution < 1.29 is 23.1 Å². The lowest BCUT2D eigenvalue weighted by molar-refractivity contribution is -0.138. The molecule has 1 heterocycles. The number of benzene rings is 2. The Bertz CT molecular complexity index is 771. The first-order chi connectivity index (χ1) is 12.3. The van der Waals surface area contributed by atoms with Crippen molar-refractivity contribution in [2.45, 2.75) is 37.9 Å². The van der Waals surface area contributed by atoms with E-state index in [1.54, 1.807) is 6.07 Å². The van der Waals surface area contributed by atoms with Crippen molar-refractivity contribution in [2.24, 2.45) is 0 Å². The van der Waals surface area contributed by atoms with Crippen LogP contribution in [0.3, 0.4) is 0 Å². The largest absolute Gasteiger partial charge is 0.481 e. The highest BCUT2D eigenvalue weighted by Crippen LogP contribution is 2.33. The summed E-state index contributed by atoms with van der Waals surface area (Å²) in [5.41, 5.74) is 1.35. The van der Waals surface area contributed by atoms with Crippen LogP contribution in [-0.4, -0.2) is 23.7 Å². The van der Waals surface area contributed by atoms with Crippen LogP contribution in [0.5, 0.6) is 0 Å². The van der Waals surface area contributed by atoms with Crippen LogP contribution in [0.4, 0.5) is 18.9 Å². The number of nitrogens with zero attached hydrogens (tertiary/aromatic N) is 1. The van der Waals surface area contributed by atoms with Gasteiger partial charge in [0, 0.05) is 18.3 Å². The molecule has 6 heteroatoms. The second kappa shape index (κ2) is 7.40. The predicted octanol–water partition coefficient (Wildman–Crippen LogP) is 4.74. The second-order valence-electron chi connectivity index (χ2n) is 6.59. The maximum Gasteiger partial charge on any atom is 0.416 e. The molecule has 0 radical (unpaired) electrons. The molecule has 1 saturated heterocycles. The normalized spacial score (nSPS) is 17.5. The summed E-state index contributed by atoms with van der Waals surface area (Å²) in [7, 11) is 0. The van der Waals surface area contributed by atoms with Crippen LogP contribution < -0.4 is 4.90 Å². The zero-order chi connectivity index (χ0) is 18.7. The van der Waals surface area contributed by atoms with E-state index in [1.807, 2.05) is 24.3 Å². The molecule has 3 nitrogen and oxygen atoms in total. The molecule has 138 valence electrons. The van der Waals surface area contributed by atoms with Crippen molar-refractivity contribution >= 4 is 11.7 Å². The number of carboxylic acids is 1. The zero-order valence-corrected chi connectivity index (χ0v) is 14.2. The molecule has 0 bridgehead atoms. The quantitative estimate of drug-likeness (QED) is 0.834. The van der Waals surface area contributed by atoms with Crippen LogP contribution in [0.2, 0.25) is 0 Å². The first kappa shape index (κ1) is 18.3. The van der Waals surface area contributed by atoms with Crippen molar-refractivity contribution in [3.8, 4) is 0 Å². The van der Waals surface area contributed by atoms with Crippen LogP contribution in [0.1, 0.15) is 36.0 Å². The number of alkyl halides is 3. The van der Waals surface area contributed by atoms with E-state index in [2.05, 4.69) is 4.90 Å². The van der Waals surface area contributed by atoms with Crippen molar-refractivity contribution in [1.29, 1.82) is 0 Å². The highest BCUT2D eigenvalue weighted by atomic mass is 19.4. The van der Waals surface area contributed by atoms with Gasteiger partial charge in [-0.15, -0.1) is 0 Å². The number of halogens is 3. The molecule has 0 aromatic heterocycles. The second-order valence-corrected chi connectivity index (χ2v) is 6.59. The lowest BCUT2D eigenvalue weighted by Crippen LogP contribution is -2.31. The third kappa shape index (κ3) is 4.18. The van der Waals surface area contributed by atoms with Gasteiger partial charge >= 0.3 is 12.1 Å². The zero-order valence-electron chi connectivity index (χ0n) is 14.2. The summed E-state index contributed by atoms with van der Waals surface area (Å²) in [6.07, 6.45) is -2.28. The number of hydrogen-bond donors (Lipinski definition) is 1. The maximum atomic E-state index is 13.1. The summed E-state index contributed by atoms with van der Waals surface area (Å²) in [6.45, 7) is 0.800. The summed E-state index contributed by atoms with van der Waals surface area (Å²) in [5, 5.41) is 9.02. The molecule has 1 aliphatic rings. The molecule has 2 aromatic carbocycles. The van der Waals surface area contributed by atoms with Gasteiger partial charge in [0.1, 0.15) is 0 Å². The lowest BCUT2D eigenvalue weighted by atomic mass is 9.99. The van der Waals surface area contributed by atoms with Gasteiger partial charge < -0.3 is 10.0 Å². The minimum absolute atomic E-state index is 0.0238. The van der Waals surface area contributed by atoms with Gasteiger partial charge in [-0.1, -0.05) is 30.3 Å². The van der Waals surface area contributed by atoms with Crippen molar-refractivity contribution in [1.82, 2.24) is 0 Å². The molecule has 1 N–H and O–H groups in total.